The highest BCUT2D eigenvalue weighted by Crippen LogP contribution is 2.16. The highest BCUT2D eigenvalue weighted by atomic mass is 32.1. The summed E-state index contributed by atoms with van der Waals surface area (Å²) in [6.07, 6.45) is 0. The highest BCUT2D eigenvalue weighted by Gasteiger charge is 2.10. The van der Waals surface area contributed by atoms with Crippen molar-refractivity contribution >= 4 is 28.9 Å². The molecule has 0 heterocycles. The molecular weight excluding hydrogens is 284 g/mol. The summed E-state index contributed by atoms with van der Waals surface area (Å²) in [6, 6.07) is 14.7. The lowest BCUT2D eigenvalue weighted by molar-refractivity contribution is 0.0977. The van der Waals surface area contributed by atoms with Gasteiger partial charge in [0.05, 0.1) is 7.11 Å². The van der Waals surface area contributed by atoms with E-state index in [0.29, 0.717) is 11.3 Å². The lowest BCUT2D eigenvalue weighted by Crippen LogP contribution is -2.34. The molecule has 2 rings (SSSR count). The summed E-state index contributed by atoms with van der Waals surface area (Å²) in [7, 11) is 1.59. The van der Waals surface area contributed by atoms with E-state index in [-0.39, 0.29) is 11.0 Å². The zero-order valence-corrected chi connectivity index (χ0v) is 12.7. The average molecular weight is 300 g/mol. The number of ether oxygens (including phenoxy) is 1. The van der Waals surface area contributed by atoms with E-state index in [1.165, 1.54) is 0 Å². The van der Waals surface area contributed by atoms with Crippen LogP contribution in [-0.4, -0.2) is 18.1 Å². The van der Waals surface area contributed by atoms with Gasteiger partial charge in [-0.25, -0.2) is 0 Å². The molecule has 1 amide bonds. The number of anilines is 1. The molecule has 2 aromatic carbocycles. The van der Waals surface area contributed by atoms with Crippen molar-refractivity contribution < 1.29 is 9.53 Å². The van der Waals surface area contributed by atoms with Gasteiger partial charge in [-0.2, -0.15) is 0 Å². The number of carbonyl (C=O) groups excluding carboxylic acids is 1. The number of nitrogens with one attached hydrogen (secondary N) is 2. The van der Waals surface area contributed by atoms with Gasteiger partial charge in [-0.15, -0.1) is 0 Å². The standard InChI is InChI=1S/C16H16N2O2S/c1-11-6-3-4-9-14(11)15(19)18-16(21)17-12-7-5-8-13(10-12)20-2/h3-10H,1-2H3,(H2,17,18,19,21). The van der Waals surface area contributed by atoms with Gasteiger partial charge >= 0.3 is 0 Å². The van der Waals surface area contributed by atoms with Gasteiger partial charge in [-0.3, -0.25) is 10.1 Å². The first kappa shape index (κ1) is 15.0. The van der Waals surface area contributed by atoms with E-state index in [1.807, 2.05) is 43.3 Å². The van der Waals surface area contributed by atoms with Gasteiger partial charge in [0, 0.05) is 17.3 Å². The van der Waals surface area contributed by atoms with Crippen LogP contribution < -0.4 is 15.4 Å². The first-order valence-corrected chi connectivity index (χ1v) is 6.83. The first-order chi connectivity index (χ1) is 10.1. The number of rotatable bonds is 3. The maximum Gasteiger partial charge on any atom is 0.257 e. The van der Waals surface area contributed by atoms with E-state index < -0.39 is 0 Å². The van der Waals surface area contributed by atoms with Crippen LogP contribution in [0.25, 0.3) is 0 Å². The van der Waals surface area contributed by atoms with Crippen LogP contribution >= 0.6 is 12.2 Å². The van der Waals surface area contributed by atoms with Gasteiger partial charge in [0.25, 0.3) is 5.91 Å². The molecule has 4 nitrogen and oxygen atoms in total. The summed E-state index contributed by atoms with van der Waals surface area (Å²) in [5.41, 5.74) is 2.26. The molecule has 0 aliphatic carbocycles. The molecule has 0 aliphatic heterocycles. The maximum atomic E-state index is 12.1. The normalized spacial score (nSPS) is 9.81. The second-order valence-electron chi connectivity index (χ2n) is 4.46. The van der Waals surface area contributed by atoms with Gasteiger partial charge in [0.1, 0.15) is 5.75 Å². The summed E-state index contributed by atoms with van der Waals surface area (Å²) in [5, 5.41) is 5.87. The monoisotopic (exact) mass is 300 g/mol. The summed E-state index contributed by atoms with van der Waals surface area (Å²) in [6.45, 7) is 1.88. The molecule has 108 valence electrons. The number of carbonyl (C=O) groups is 1. The Kier molecular flexibility index (Phi) is 4.90. The third kappa shape index (κ3) is 4.03. The van der Waals surface area contributed by atoms with E-state index in [1.54, 1.807) is 19.2 Å². The number of hydrogen-bond donors (Lipinski definition) is 2. The molecule has 0 saturated heterocycles. The minimum atomic E-state index is -0.228. The number of hydrogen-bond acceptors (Lipinski definition) is 3. The molecule has 0 unspecified atom stereocenters. The van der Waals surface area contributed by atoms with Crippen molar-refractivity contribution in [2.24, 2.45) is 0 Å². The van der Waals surface area contributed by atoms with Crippen molar-refractivity contribution in [3.8, 4) is 5.75 Å². The maximum absolute atomic E-state index is 12.1. The Morgan fingerprint density at radius 2 is 1.90 bits per heavy atom. The lowest BCUT2D eigenvalue weighted by Gasteiger charge is -2.11. The number of aryl methyl sites for hydroxylation is 1. The molecule has 0 bridgehead atoms. The summed E-state index contributed by atoms with van der Waals surface area (Å²) in [4.78, 5) is 12.1. The van der Waals surface area contributed by atoms with Crippen LogP contribution in [0, 0.1) is 6.92 Å². The zero-order valence-electron chi connectivity index (χ0n) is 11.8. The van der Waals surface area contributed by atoms with Crippen molar-refractivity contribution in [3.63, 3.8) is 0 Å². The van der Waals surface area contributed by atoms with Crippen LogP contribution in [0.2, 0.25) is 0 Å². The molecule has 0 aliphatic rings. The van der Waals surface area contributed by atoms with Crippen LogP contribution in [0.1, 0.15) is 15.9 Å². The Bertz CT molecular complexity index is 671. The number of benzene rings is 2. The number of amides is 1. The van der Waals surface area contributed by atoms with Crippen LogP contribution in [0.4, 0.5) is 5.69 Å². The summed E-state index contributed by atoms with van der Waals surface area (Å²) < 4.78 is 5.13. The Morgan fingerprint density at radius 3 is 2.62 bits per heavy atom. The van der Waals surface area contributed by atoms with Gasteiger partial charge in [0.2, 0.25) is 0 Å². The van der Waals surface area contributed by atoms with Crippen LogP contribution in [0.3, 0.4) is 0 Å². The minimum absolute atomic E-state index is 0.228. The Morgan fingerprint density at radius 1 is 1.14 bits per heavy atom. The molecular formula is C16H16N2O2S. The molecule has 0 aromatic heterocycles. The van der Waals surface area contributed by atoms with E-state index >= 15 is 0 Å². The summed E-state index contributed by atoms with van der Waals surface area (Å²) in [5.74, 6) is 0.488. The third-order valence-corrected chi connectivity index (χ3v) is 3.15. The fourth-order valence-corrected chi connectivity index (χ4v) is 2.07. The fourth-order valence-electron chi connectivity index (χ4n) is 1.86. The van der Waals surface area contributed by atoms with E-state index in [9.17, 15) is 4.79 Å². The van der Waals surface area contributed by atoms with Gasteiger partial charge in [0.15, 0.2) is 5.11 Å². The third-order valence-electron chi connectivity index (χ3n) is 2.94. The Labute approximate surface area is 129 Å². The quantitative estimate of drug-likeness (QED) is 0.855. The van der Waals surface area contributed by atoms with Gasteiger partial charge < -0.3 is 10.1 Å². The molecule has 21 heavy (non-hydrogen) atoms. The zero-order chi connectivity index (χ0) is 15.2. The fraction of sp³-hybridized carbons (Fsp3) is 0.125. The van der Waals surface area contributed by atoms with Gasteiger partial charge in [-0.05, 0) is 42.9 Å². The van der Waals surface area contributed by atoms with Gasteiger partial charge in [-0.1, -0.05) is 24.3 Å². The lowest BCUT2D eigenvalue weighted by atomic mass is 10.1. The van der Waals surface area contributed by atoms with E-state index in [4.69, 9.17) is 17.0 Å². The van der Waals surface area contributed by atoms with E-state index in [2.05, 4.69) is 10.6 Å². The Hall–Kier alpha value is -2.40. The molecule has 0 atom stereocenters. The molecule has 0 spiro atoms. The minimum Gasteiger partial charge on any atom is -0.497 e. The smallest absolute Gasteiger partial charge is 0.257 e. The first-order valence-electron chi connectivity index (χ1n) is 6.42. The molecule has 0 fully saturated rings. The molecule has 0 saturated carbocycles. The van der Waals surface area contributed by atoms with Crippen LogP contribution in [0.15, 0.2) is 48.5 Å². The predicted molar refractivity (Wildman–Crippen MR) is 87.9 cm³/mol. The second-order valence-corrected chi connectivity index (χ2v) is 4.86. The van der Waals surface area contributed by atoms with E-state index in [0.717, 1.165) is 11.3 Å². The number of thiocarbonyl (C=S) groups is 1. The average Bonchev–Trinajstić information content (AvgIpc) is 2.47. The van der Waals surface area contributed by atoms with Crippen molar-refractivity contribution in [1.29, 1.82) is 0 Å². The predicted octanol–water partition coefficient (Wildman–Crippen LogP) is 3.13. The second kappa shape index (κ2) is 6.85. The molecule has 0 radical (unpaired) electrons. The van der Waals surface area contributed by atoms with Crippen molar-refractivity contribution in [2.45, 2.75) is 6.92 Å². The highest BCUT2D eigenvalue weighted by molar-refractivity contribution is 7.80. The van der Waals surface area contributed by atoms with Crippen molar-refractivity contribution in [3.05, 3.63) is 59.7 Å². The molecule has 2 aromatic rings. The largest absolute Gasteiger partial charge is 0.497 e. The van der Waals surface area contributed by atoms with Crippen molar-refractivity contribution in [1.82, 2.24) is 5.32 Å². The summed E-state index contributed by atoms with van der Waals surface area (Å²) >= 11 is 5.15. The molecule has 5 heteroatoms. The van der Waals surface area contributed by atoms with Crippen molar-refractivity contribution in [2.75, 3.05) is 12.4 Å². The molecule has 2 N–H and O–H groups in total. The van der Waals surface area contributed by atoms with Crippen LogP contribution in [-0.2, 0) is 0 Å². The topological polar surface area (TPSA) is 50.4 Å². The van der Waals surface area contributed by atoms with Crippen LogP contribution in [0.5, 0.6) is 5.75 Å². The number of methoxy groups -OCH3 is 1. The Balaban J connectivity index is 2.01. The SMILES string of the molecule is COc1cccc(NC(=S)NC(=O)c2ccccc2C)c1.